The second kappa shape index (κ2) is 7.86. The Kier molecular flexibility index (Phi) is 5.22. The van der Waals surface area contributed by atoms with Gasteiger partial charge >= 0.3 is 0 Å². The maximum Gasteiger partial charge on any atom is 0.222 e. The van der Waals surface area contributed by atoms with Gasteiger partial charge in [-0.1, -0.05) is 0 Å². The van der Waals surface area contributed by atoms with Gasteiger partial charge in [-0.3, -0.25) is 9.97 Å². The Labute approximate surface area is 175 Å². The van der Waals surface area contributed by atoms with E-state index in [1.807, 2.05) is 0 Å². The Morgan fingerprint density at radius 3 is 1.45 bits per heavy atom. The van der Waals surface area contributed by atoms with E-state index in [0.717, 1.165) is 12.1 Å². The first-order chi connectivity index (χ1) is 14.8. The van der Waals surface area contributed by atoms with Crippen LogP contribution in [0, 0.1) is 23.5 Å². The van der Waals surface area contributed by atoms with E-state index in [2.05, 4.69) is 19.9 Å². The number of hydrogen-bond acceptors (Lipinski definition) is 4. The molecule has 0 saturated heterocycles. The predicted octanol–water partition coefficient (Wildman–Crippen LogP) is 5.48. The molecule has 0 amide bonds. The van der Waals surface area contributed by atoms with Crippen molar-refractivity contribution in [3.63, 3.8) is 0 Å². The molecule has 4 nitrogen and oxygen atoms in total. The van der Waals surface area contributed by atoms with Crippen LogP contribution in [0.1, 0.15) is 25.2 Å². The van der Waals surface area contributed by atoms with Gasteiger partial charge in [0.15, 0.2) is 0 Å². The Morgan fingerprint density at radius 1 is 0.645 bits per heavy atom. The molecule has 4 aromatic rings. The first-order valence-corrected chi connectivity index (χ1v) is 9.33. The number of nitrogens with zero attached hydrogens (tertiary/aromatic N) is 4. The zero-order chi connectivity index (χ0) is 22.2. The molecular formula is C23H16F4N4. The maximum atomic E-state index is 14.4. The molecule has 0 aromatic carbocycles. The fourth-order valence-corrected chi connectivity index (χ4v) is 3.20. The minimum Gasteiger partial charge on any atom is -0.251 e. The van der Waals surface area contributed by atoms with Gasteiger partial charge in [-0.2, -0.15) is 8.78 Å². The summed E-state index contributed by atoms with van der Waals surface area (Å²) in [5.41, 5.74) is -0.547. The van der Waals surface area contributed by atoms with Gasteiger partial charge in [0.25, 0.3) is 0 Å². The fraction of sp³-hybridized carbons (Fsp3) is 0.130. The highest BCUT2D eigenvalue weighted by molar-refractivity contribution is 5.60. The first kappa shape index (κ1) is 20.6. The Balaban J connectivity index is 1.84. The summed E-state index contributed by atoms with van der Waals surface area (Å²) in [6.07, 6.45) is 2.55. The maximum absolute atomic E-state index is 14.4. The van der Waals surface area contributed by atoms with Gasteiger partial charge in [-0.05, 0) is 50.2 Å². The molecule has 0 N–H and O–H groups in total. The number of pyridine rings is 4. The normalized spacial score (nSPS) is 11.5. The molecule has 4 heterocycles. The van der Waals surface area contributed by atoms with E-state index in [1.165, 1.54) is 48.8 Å². The van der Waals surface area contributed by atoms with E-state index < -0.39 is 28.9 Å². The van der Waals surface area contributed by atoms with E-state index in [-0.39, 0.29) is 33.9 Å². The molecule has 0 unspecified atom stereocenters. The van der Waals surface area contributed by atoms with Crippen LogP contribution in [0.3, 0.4) is 0 Å². The Morgan fingerprint density at radius 2 is 1.06 bits per heavy atom. The van der Waals surface area contributed by atoms with Crippen LogP contribution in [0.15, 0.2) is 60.9 Å². The van der Waals surface area contributed by atoms with Crippen LogP contribution >= 0.6 is 0 Å². The standard InChI is InChI=1S/C23H16F4N4/c1-23(2,19-11-13(24)9-17(30-19)15-5-3-7-28-21(15)26)20-12-14(25)10-18(31-20)16-6-4-8-29-22(16)27/h3-12H,1-2H3. The van der Waals surface area contributed by atoms with Crippen molar-refractivity contribution < 1.29 is 17.6 Å². The average Bonchev–Trinajstić information content (AvgIpc) is 2.73. The van der Waals surface area contributed by atoms with Crippen LogP contribution in [0.25, 0.3) is 22.5 Å². The number of halogens is 4. The van der Waals surface area contributed by atoms with Crippen molar-refractivity contribution in [1.82, 2.24) is 19.9 Å². The van der Waals surface area contributed by atoms with Gasteiger partial charge in [-0.15, -0.1) is 0 Å². The molecule has 31 heavy (non-hydrogen) atoms. The summed E-state index contributed by atoms with van der Waals surface area (Å²) in [6.45, 7) is 3.34. The summed E-state index contributed by atoms with van der Waals surface area (Å²) in [7, 11) is 0. The summed E-state index contributed by atoms with van der Waals surface area (Å²) in [4.78, 5) is 15.9. The van der Waals surface area contributed by atoms with Crippen LogP contribution < -0.4 is 0 Å². The highest BCUT2D eigenvalue weighted by Crippen LogP contribution is 2.33. The molecule has 0 aliphatic carbocycles. The topological polar surface area (TPSA) is 51.6 Å². The molecule has 0 saturated carbocycles. The van der Waals surface area contributed by atoms with Crippen LogP contribution in [0.4, 0.5) is 17.6 Å². The lowest BCUT2D eigenvalue weighted by atomic mass is 9.84. The Hall–Kier alpha value is -3.68. The summed E-state index contributed by atoms with van der Waals surface area (Å²) in [5, 5.41) is 0. The molecular weight excluding hydrogens is 408 g/mol. The lowest BCUT2D eigenvalue weighted by molar-refractivity contribution is 0.557. The third-order valence-corrected chi connectivity index (χ3v) is 4.93. The number of hydrogen-bond donors (Lipinski definition) is 0. The largest absolute Gasteiger partial charge is 0.251 e. The molecule has 0 fully saturated rings. The van der Waals surface area contributed by atoms with Crippen molar-refractivity contribution in [1.29, 1.82) is 0 Å². The second-order valence-corrected chi connectivity index (χ2v) is 7.42. The van der Waals surface area contributed by atoms with Crippen molar-refractivity contribution >= 4 is 0 Å². The zero-order valence-corrected chi connectivity index (χ0v) is 16.6. The molecule has 0 radical (unpaired) electrons. The number of aromatic nitrogens is 4. The lowest BCUT2D eigenvalue weighted by Crippen LogP contribution is -2.23. The van der Waals surface area contributed by atoms with Crippen LogP contribution in [0.5, 0.6) is 0 Å². The SMILES string of the molecule is CC(C)(c1cc(F)cc(-c2cccnc2F)n1)c1cc(F)cc(-c2cccnc2F)n1. The first-order valence-electron chi connectivity index (χ1n) is 9.33. The summed E-state index contributed by atoms with van der Waals surface area (Å²) in [5.74, 6) is -2.87. The smallest absolute Gasteiger partial charge is 0.222 e. The molecule has 0 bridgehead atoms. The second-order valence-electron chi connectivity index (χ2n) is 7.42. The quantitative estimate of drug-likeness (QED) is 0.321. The summed E-state index contributed by atoms with van der Waals surface area (Å²) in [6, 6.07) is 10.4. The lowest BCUT2D eigenvalue weighted by Gasteiger charge is -2.25. The highest BCUT2D eigenvalue weighted by Gasteiger charge is 2.29. The molecule has 4 aromatic heterocycles. The van der Waals surface area contributed by atoms with Gasteiger partial charge in [0.2, 0.25) is 11.9 Å². The van der Waals surface area contributed by atoms with Gasteiger partial charge in [0, 0.05) is 29.9 Å². The van der Waals surface area contributed by atoms with Gasteiger partial charge in [0.05, 0.1) is 33.9 Å². The molecule has 4 rings (SSSR count). The molecule has 8 heteroatoms. The van der Waals surface area contributed by atoms with Crippen LogP contribution in [0.2, 0.25) is 0 Å². The predicted molar refractivity (Wildman–Crippen MR) is 107 cm³/mol. The minimum atomic E-state index is -1.09. The third kappa shape index (κ3) is 4.01. The van der Waals surface area contributed by atoms with Gasteiger partial charge in [0.1, 0.15) is 11.6 Å². The molecule has 0 aliphatic heterocycles. The molecule has 156 valence electrons. The average molecular weight is 424 g/mol. The molecule has 0 atom stereocenters. The monoisotopic (exact) mass is 424 g/mol. The Bertz CT molecular complexity index is 1180. The molecule has 0 aliphatic rings. The van der Waals surface area contributed by atoms with E-state index >= 15 is 0 Å². The zero-order valence-electron chi connectivity index (χ0n) is 16.6. The fourth-order valence-electron chi connectivity index (χ4n) is 3.20. The van der Waals surface area contributed by atoms with E-state index in [1.54, 1.807) is 13.8 Å². The van der Waals surface area contributed by atoms with Crippen molar-refractivity contribution in [2.75, 3.05) is 0 Å². The highest BCUT2D eigenvalue weighted by atomic mass is 19.1. The van der Waals surface area contributed by atoms with E-state index in [4.69, 9.17) is 0 Å². The number of rotatable bonds is 4. The van der Waals surface area contributed by atoms with E-state index in [0.29, 0.717) is 0 Å². The molecule has 0 spiro atoms. The van der Waals surface area contributed by atoms with Crippen molar-refractivity contribution in [3.8, 4) is 22.5 Å². The van der Waals surface area contributed by atoms with Crippen LogP contribution in [-0.2, 0) is 5.41 Å². The van der Waals surface area contributed by atoms with Gasteiger partial charge < -0.3 is 0 Å². The third-order valence-electron chi connectivity index (χ3n) is 4.93. The van der Waals surface area contributed by atoms with Gasteiger partial charge in [-0.25, -0.2) is 18.7 Å². The van der Waals surface area contributed by atoms with Crippen LogP contribution in [-0.4, -0.2) is 19.9 Å². The van der Waals surface area contributed by atoms with Crippen molar-refractivity contribution in [3.05, 3.63) is 95.8 Å². The van der Waals surface area contributed by atoms with Crippen molar-refractivity contribution in [2.45, 2.75) is 19.3 Å². The van der Waals surface area contributed by atoms with E-state index in [9.17, 15) is 17.6 Å². The summed E-state index contributed by atoms with van der Waals surface area (Å²) < 4.78 is 57.1. The minimum absolute atomic E-state index is 0.0318. The van der Waals surface area contributed by atoms with Crippen molar-refractivity contribution in [2.24, 2.45) is 0 Å². The summed E-state index contributed by atoms with van der Waals surface area (Å²) >= 11 is 0.